The molecular weight excluding hydrogens is 214 g/mol. The number of ether oxygens (including phenoxy) is 2. The Balaban J connectivity index is 1.85. The molecule has 0 saturated heterocycles. The van der Waals surface area contributed by atoms with Crippen molar-refractivity contribution in [1.82, 2.24) is 0 Å². The van der Waals surface area contributed by atoms with Crippen LogP contribution in [0.5, 0.6) is 11.5 Å². The second kappa shape index (κ2) is 3.39. The number of nitrogens with two attached hydrogens (primary N) is 1. The highest BCUT2D eigenvalue weighted by Crippen LogP contribution is 2.49. The quantitative estimate of drug-likeness (QED) is 0.801. The van der Waals surface area contributed by atoms with Crippen LogP contribution < -0.4 is 15.2 Å². The van der Waals surface area contributed by atoms with Gasteiger partial charge in [-0.2, -0.15) is 0 Å². The van der Waals surface area contributed by atoms with Gasteiger partial charge in [0.25, 0.3) is 0 Å². The Kier molecular flexibility index (Phi) is 1.95. The first-order valence-corrected chi connectivity index (χ1v) is 6.53. The van der Waals surface area contributed by atoms with Crippen molar-refractivity contribution in [1.29, 1.82) is 0 Å². The van der Waals surface area contributed by atoms with E-state index in [1.165, 1.54) is 16.7 Å². The predicted molar refractivity (Wildman–Crippen MR) is 64.8 cm³/mol. The van der Waals surface area contributed by atoms with Crippen molar-refractivity contribution < 1.29 is 9.47 Å². The van der Waals surface area contributed by atoms with E-state index in [1.807, 2.05) is 0 Å². The van der Waals surface area contributed by atoms with Crippen LogP contribution in [0.3, 0.4) is 0 Å². The molecule has 0 radical (unpaired) electrons. The minimum absolute atomic E-state index is 0.384. The van der Waals surface area contributed by atoms with E-state index < -0.39 is 0 Å². The maximum atomic E-state index is 5.92. The second-order valence-corrected chi connectivity index (χ2v) is 5.38. The standard InChI is InChI=1S/C14H17NO2/c15-10-5-9(6-10)13-11-2-4-16-12(11)7-8-1-3-17-14(8)13/h7,9-10H,1-6,15H2. The van der Waals surface area contributed by atoms with E-state index in [2.05, 4.69) is 6.07 Å². The number of fused-ring (bicyclic) bond motifs is 2. The van der Waals surface area contributed by atoms with Gasteiger partial charge in [-0.1, -0.05) is 0 Å². The van der Waals surface area contributed by atoms with Gasteiger partial charge in [-0.25, -0.2) is 0 Å². The largest absolute Gasteiger partial charge is 0.493 e. The lowest BCUT2D eigenvalue weighted by atomic mass is 9.73. The van der Waals surface area contributed by atoms with Crippen molar-refractivity contribution in [2.75, 3.05) is 13.2 Å². The van der Waals surface area contributed by atoms with E-state index in [9.17, 15) is 0 Å². The van der Waals surface area contributed by atoms with Crippen LogP contribution in [0, 0.1) is 0 Å². The maximum Gasteiger partial charge on any atom is 0.126 e. The van der Waals surface area contributed by atoms with E-state index in [0.717, 1.165) is 50.4 Å². The van der Waals surface area contributed by atoms with Crippen molar-refractivity contribution in [2.24, 2.45) is 5.73 Å². The molecule has 2 N–H and O–H groups in total. The number of hydrogen-bond donors (Lipinski definition) is 1. The molecule has 0 atom stereocenters. The van der Waals surface area contributed by atoms with Gasteiger partial charge in [0.05, 0.1) is 13.2 Å². The van der Waals surface area contributed by atoms with Crippen LogP contribution in [0.1, 0.15) is 35.4 Å². The third-order valence-electron chi connectivity index (χ3n) is 4.27. The Labute approximate surface area is 101 Å². The van der Waals surface area contributed by atoms with E-state index in [0.29, 0.717) is 12.0 Å². The first kappa shape index (κ1) is 9.77. The molecule has 90 valence electrons. The van der Waals surface area contributed by atoms with Crippen LogP contribution in [0.15, 0.2) is 6.07 Å². The van der Waals surface area contributed by atoms with Crippen LogP contribution in [-0.4, -0.2) is 19.3 Å². The summed E-state index contributed by atoms with van der Waals surface area (Å²) in [6.45, 7) is 1.65. The van der Waals surface area contributed by atoms with Crippen molar-refractivity contribution >= 4 is 0 Å². The average Bonchev–Trinajstić information content (AvgIpc) is 2.89. The summed E-state index contributed by atoms with van der Waals surface area (Å²) in [6, 6.07) is 2.57. The Morgan fingerprint density at radius 2 is 1.94 bits per heavy atom. The second-order valence-electron chi connectivity index (χ2n) is 5.38. The van der Waals surface area contributed by atoms with Crippen molar-refractivity contribution in [3.8, 4) is 11.5 Å². The lowest BCUT2D eigenvalue weighted by molar-refractivity contribution is 0.318. The fraction of sp³-hybridized carbons (Fsp3) is 0.571. The molecule has 2 aliphatic heterocycles. The molecule has 0 bridgehead atoms. The first-order chi connectivity index (χ1) is 8.33. The summed E-state index contributed by atoms with van der Waals surface area (Å²) in [7, 11) is 0. The highest BCUT2D eigenvalue weighted by molar-refractivity contribution is 5.58. The molecule has 3 heteroatoms. The molecule has 1 aliphatic carbocycles. The molecule has 1 fully saturated rings. The molecule has 1 aromatic carbocycles. The molecular formula is C14H17NO2. The summed E-state index contributed by atoms with van der Waals surface area (Å²) in [5.74, 6) is 2.87. The Hall–Kier alpha value is -1.22. The number of benzene rings is 1. The van der Waals surface area contributed by atoms with Crippen LogP contribution in [-0.2, 0) is 12.8 Å². The lowest BCUT2D eigenvalue weighted by Gasteiger charge is -2.34. The van der Waals surface area contributed by atoms with Gasteiger partial charge in [0, 0.05) is 35.6 Å². The Morgan fingerprint density at radius 1 is 1.12 bits per heavy atom. The Morgan fingerprint density at radius 3 is 2.76 bits per heavy atom. The van der Waals surface area contributed by atoms with E-state index >= 15 is 0 Å². The summed E-state index contributed by atoms with van der Waals surface area (Å²) in [4.78, 5) is 0. The minimum Gasteiger partial charge on any atom is -0.493 e. The zero-order chi connectivity index (χ0) is 11.4. The van der Waals surface area contributed by atoms with Crippen LogP contribution >= 0.6 is 0 Å². The molecule has 4 rings (SSSR count). The minimum atomic E-state index is 0.384. The summed E-state index contributed by atoms with van der Waals surface area (Å²) in [5, 5.41) is 0. The van der Waals surface area contributed by atoms with Crippen LogP contribution in [0.4, 0.5) is 0 Å². The molecule has 17 heavy (non-hydrogen) atoms. The van der Waals surface area contributed by atoms with Gasteiger partial charge in [0.1, 0.15) is 11.5 Å². The molecule has 2 heterocycles. The van der Waals surface area contributed by atoms with Gasteiger partial charge < -0.3 is 15.2 Å². The molecule has 3 aliphatic rings. The summed E-state index contributed by atoms with van der Waals surface area (Å²) in [5.41, 5.74) is 10.1. The number of hydrogen-bond acceptors (Lipinski definition) is 3. The first-order valence-electron chi connectivity index (χ1n) is 6.53. The van der Waals surface area contributed by atoms with Gasteiger partial charge in [-0.05, 0) is 24.8 Å². The van der Waals surface area contributed by atoms with Crippen molar-refractivity contribution in [2.45, 2.75) is 37.6 Å². The molecule has 0 spiro atoms. The smallest absolute Gasteiger partial charge is 0.126 e. The normalized spacial score (nSPS) is 29.0. The van der Waals surface area contributed by atoms with Gasteiger partial charge in [-0.15, -0.1) is 0 Å². The van der Waals surface area contributed by atoms with E-state index in [1.54, 1.807) is 0 Å². The fourth-order valence-electron chi connectivity index (χ4n) is 3.35. The zero-order valence-corrected chi connectivity index (χ0v) is 9.87. The van der Waals surface area contributed by atoms with Gasteiger partial charge in [-0.3, -0.25) is 0 Å². The molecule has 1 saturated carbocycles. The van der Waals surface area contributed by atoms with Gasteiger partial charge in [0.15, 0.2) is 0 Å². The highest BCUT2D eigenvalue weighted by atomic mass is 16.5. The van der Waals surface area contributed by atoms with Crippen LogP contribution in [0.25, 0.3) is 0 Å². The summed E-state index contributed by atoms with van der Waals surface area (Å²) >= 11 is 0. The van der Waals surface area contributed by atoms with Gasteiger partial charge in [0.2, 0.25) is 0 Å². The monoisotopic (exact) mass is 231 g/mol. The molecule has 0 aromatic heterocycles. The fourth-order valence-corrected chi connectivity index (χ4v) is 3.35. The Bertz CT molecular complexity index is 445. The predicted octanol–water partition coefficient (Wildman–Crippen LogP) is 1.76. The highest BCUT2D eigenvalue weighted by Gasteiger charge is 2.36. The molecule has 0 amide bonds. The third kappa shape index (κ3) is 1.32. The topological polar surface area (TPSA) is 44.5 Å². The third-order valence-corrected chi connectivity index (χ3v) is 4.27. The molecule has 0 unspecified atom stereocenters. The van der Waals surface area contributed by atoms with Crippen molar-refractivity contribution in [3.63, 3.8) is 0 Å². The molecule has 3 nitrogen and oxygen atoms in total. The number of rotatable bonds is 1. The zero-order valence-electron chi connectivity index (χ0n) is 9.87. The van der Waals surface area contributed by atoms with Crippen molar-refractivity contribution in [3.05, 3.63) is 22.8 Å². The maximum absolute atomic E-state index is 5.92. The SMILES string of the molecule is NC1CC(c2c3c(cc4c2OCC4)OCC3)C1. The average molecular weight is 231 g/mol. The lowest BCUT2D eigenvalue weighted by Crippen LogP contribution is -2.35. The summed E-state index contributed by atoms with van der Waals surface area (Å²) in [6.07, 6.45) is 4.27. The van der Waals surface area contributed by atoms with E-state index in [-0.39, 0.29) is 0 Å². The van der Waals surface area contributed by atoms with Crippen LogP contribution in [0.2, 0.25) is 0 Å². The summed E-state index contributed by atoms with van der Waals surface area (Å²) < 4.78 is 11.6. The van der Waals surface area contributed by atoms with Gasteiger partial charge >= 0.3 is 0 Å². The molecule has 1 aromatic rings. The van der Waals surface area contributed by atoms with E-state index in [4.69, 9.17) is 15.2 Å².